The summed E-state index contributed by atoms with van der Waals surface area (Å²) in [6, 6.07) is 8.87. The zero-order chi connectivity index (χ0) is 18.4. The molecule has 2 heterocycles. The Hall–Kier alpha value is -2.27. The lowest BCUT2D eigenvalue weighted by atomic mass is 9.87. The van der Waals surface area contributed by atoms with Gasteiger partial charge in [-0.15, -0.1) is 0 Å². The molecule has 5 heteroatoms. The summed E-state index contributed by atoms with van der Waals surface area (Å²) in [5.74, 6) is 0.145. The predicted octanol–water partition coefficient (Wildman–Crippen LogP) is 3.75. The number of halogens is 1. The zero-order valence-electron chi connectivity index (χ0n) is 15.1. The lowest BCUT2D eigenvalue weighted by Gasteiger charge is -2.31. The lowest BCUT2D eigenvalue weighted by Crippen LogP contribution is -2.36. The number of nitrogens with one attached hydrogen (secondary N) is 1. The van der Waals surface area contributed by atoms with Gasteiger partial charge in [-0.2, -0.15) is 0 Å². The molecule has 1 aliphatic heterocycles. The molecule has 2 aromatic rings. The van der Waals surface area contributed by atoms with E-state index in [0.29, 0.717) is 24.3 Å². The maximum atomic E-state index is 13.4. The Morgan fingerprint density at radius 3 is 2.85 bits per heavy atom. The van der Waals surface area contributed by atoms with Crippen LogP contribution < -0.4 is 5.32 Å². The molecule has 0 aliphatic carbocycles. The molecule has 0 radical (unpaired) electrons. The second-order valence-corrected chi connectivity index (χ2v) is 6.86. The average molecular weight is 356 g/mol. The first-order chi connectivity index (χ1) is 12.6. The largest absolute Gasteiger partial charge is 0.381 e. The molecule has 1 amide bonds. The topological polar surface area (TPSA) is 51.2 Å². The minimum absolute atomic E-state index is 0.00678. The molecule has 1 aromatic carbocycles. The molecule has 138 valence electrons. The zero-order valence-corrected chi connectivity index (χ0v) is 15.1. The summed E-state index contributed by atoms with van der Waals surface area (Å²) >= 11 is 0. The van der Waals surface area contributed by atoms with Crippen LogP contribution in [0.4, 0.5) is 4.39 Å². The van der Waals surface area contributed by atoms with Crippen molar-refractivity contribution in [3.8, 4) is 0 Å². The number of ether oxygens (including phenoxy) is 1. The Bertz CT molecular complexity index is 730. The summed E-state index contributed by atoms with van der Waals surface area (Å²) in [4.78, 5) is 16.8. The van der Waals surface area contributed by atoms with Crippen LogP contribution in [0.5, 0.6) is 0 Å². The summed E-state index contributed by atoms with van der Waals surface area (Å²) in [5.41, 5.74) is 2.62. The number of nitrogens with zero attached hydrogens (tertiary/aromatic N) is 1. The number of hydrogen-bond acceptors (Lipinski definition) is 3. The van der Waals surface area contributed by atoms with Crippen LogP contribution in [0.2, 0.25) is 0 Å². The van der Waals surface area contributed by atoms with Gasteiger partial charge in [0.1, 0.15) is 5.82 Å². The summed E-state index contributed by atoms with van der Waals surface area (Å²) in [7, 11) is 0. The van der Waals surface area contributed by atoms with E-state index in [1.165, 1.54) is 6.07 Å². The first-order valence-corrected chi connectivity index (χ1v) is 9.15. The molecule has 0 spiro atoms. The van der Waals surface area contributed by atoms with E-state index >= 15 is 0 Å². The second-order valence-electron chi connectivity index (χ2n) is 6.86. The second kappa shape index (κ2) is 8.90. The molecule has 4 nitrogen and oxygen atoms in total. The van der Waals surface area contributed by atoms with E-state index in [9.17, 15) is 9.18 Å². The van der Waals surface area contributed by atoms with E-state index in [1.807, 2.05) is 18.3 Å². The van der Waals surface area contributed by atoms with Crippen LogP contribution in [0.15, 0.2) is 42.7 Å². The van der Waals surface area contributed by atoms with E-state index in [2.05, 4.69) is 10.3 Å². The van der Waals surface area contributed by atoms with Gasteiger partial charge in [0.25, 0.3) is 0 Å². The number of aryl methyl sites for hydroxylation is 2. The first-order valence-electron chi connectivity index (χ1n) is 9.15. The minimum atomic E-state index is -0.214. The smallest absolute Gasteiger partial charge is 0.220 e. The molecule has 1 unspecified atom stereocenters. The van der Waals surface area contributed by atoms with Gasteiger partial charge in [-0.1, -0.05) is 18.2 Å². The van der Waals surface area contributed by atoms with Crippen molar-refractivity contribution in [2.24, 2.45) is 5.92 Å². The van der Waals surface area contributed by atoms with E-state index in [0.717, 1.165) is 37.2 Å². The Morgan fingerprint density at radius 1 is 1.35 bits per heavy atom. The number of amides is 1. The summed E-state index contributed by atoms with van der Waals surface area (Å²) in [6.07, 6.45) is 6.40. The van der Waals surface area contributed by atoms with E-state index < -0.39 is 0 Å². The van der Waals surface area contributed by atoms with Gasteiger partial charge in [-0.3, -0.25) is 9.78 Å². The summed E-state index contributed by atoms with van der Waals surface area (Å²) in [6.45, 7) is 3.20. The monoisotopic (exact) mass is 356 g/mol. The third kappa shape index (κ3) is 4.88. The lowest BCUT2D eigenvalue weighted by molar-refractivity contribution is -0.122. The third-order valence-corrected chi connectivity index (χ3v) is 4.96. The van der Waals surface area contributed by atoms with Crippen LogP contribution in [0.25, 0.3) is 0 Å². The maximum Gasteiger partial charge on any atom is 0.220 e. The number of pyridine rings is 1. The molecule has 1 saturated heterocycles. The van der Waals surface area contributed by atoms with E-state index in [1.54, 1.807) is 25.3 Å². The Morgan fingerprint density at radius 2 is 2.15 bits per heavy atom. The van der Waals surface area contributed by atoms with Crippen molar-refractivity contribution in [2.45, 2.75) is 38.6 Å². The highest BCUT2D eigenvalue weighted by atomic mass is 19.1. The number of aromatic nitrogens is 1. The Labute approximate surface area is 153 Å². The number of carbonyl (C=O) groups excluding carboxylic acids is 1. The quantitative estimate of drug-likeness (QED) is 0.858. The van der Waals surface area contributed by atoms with Gasteiger partial charge < -0.3 is 10.1 Å². The number of hydrogen-bond donors (Lipinski definition) is 1. The molecule has 26 heavy (non-hydrogen) atoms. The number of benzene rings is 1. The van der Waals surface area contributed by atoms with Gasteiger partial charge in [0.2, 0.25) is 5.91 Å². The van der Waals surface area contributed by atoms with Crippen molar-refractivity contribution in [1.82, 2.24) is 10.3 Å². The van der Waals surface area contributed by atoms with Crippen LogP contribution in [0.1, 0.15) is 42.0 Å². The highest BCUT2D eigenvalue weighted by Crippen LogP contribution is 2.29. The highest BCUT2D eigenvalue weighted by Gasteiger charge is 2.27. The molecule has 1 aliphatic rings. The molecular formula is C21H25FN2O2. The van der Waals surface area contributed by atoms with Gasteiger partial charge in [0.05, 0.1) is 6.04 Å². The van der Waals surface area contributed by atoms with Gasteiger partial charge in [0, 0.05) is 32.0 Å². The fourth-order valence-corrected chi connectivity index (χ4v) is 3.45. The third-order valence-electron chi connectivity index (χ3n) is 4.96. The molecule has 3 rings (SSSR count). The Balaban J connectivity index is 1.63. The fraction of sp³-hybridized carbons (Fsp3) is 0.429. The van der Waals surface area contributed by atoms with Gasteiger partial charge in [0.15, 0.2) is 0 Å². The molecule has 0 bridgehead atoms. The van der Waals surface area contributed by atoms with Crippen LogP contribution >= 0.6 is 0 Å². The number of rotatable bonds is 6. The van der Waals surface area contributed by atoms with Crippen LogP contribution in [-0.2, 0) is 16.0 Å². The van der Waals surface area contributed by atoms with Crippen LogP contribution in [0, 0.1) is 18.7 Å². The predicted molar refractivity (Wildman–Crippen MR) is 98.1 cm³/mol. The van der Waals surface area contributed by atoms with Gasteiger partial charge in [-0.05, 0) is 60.9 Å². The summed E-state index contributed by atoms with van der Waals surface area (Å²) in [5, 5.41) is 3.19. The average Bonchev–Trinajstić information content (AvgIpc) is 2.68. The van der Waals surface area contributed by atoms with Crippen molar-refractivity contribution in [2.75, 3.05) is 13.2 Å². The number of carbonyl (C=O) groups is 1. The standard InChI is InChI=1S/C21H25FN2O2/c1-15-13-16(4-6-19(15)22)5-7-20(25)24-21(17-8-11-26-12-9-17)18-3-2-10-23-14-18/h2-4,6,10,13-14,17,21H,5,7-9,11-12H2,1H3,(H,24,25). The van der Waals surface area contributed by atoms with E-state index in [4.69, 9.17) is 4.74 Å². The maximum absolute atomic E-state index is 13.4. The Kier molecular flexibility index (Phi) is 6.34. The first kappa shape index (κ1) is 18.5. The van der Waals surface area contributed by atoms with Crippen molar-refractivity contribution >= 4 is 5.91 Å². The SMILES string of the molecule is Cc1cc(CCC(=O)NC(c2cccnc2)C2CCOCC2)ccc1F. The molecule has 0 saturated carbocycles. The molecule has 1 aromatic heterocycles. The molecule has 1 fully saturated rings. The van der Waals surface area contributed by atoms with Crippen LogP contribution in [0.3, 0.4) is 0 Å². The molecule has 1 atom stereocenters. The molecule has 1 N–H and O–H groups in total. The van der Waals surface area contributed by atoms with Crippen molar-refractivity contribution in [1.29, 1.82) is 0 Å². The molecular weight excluding hydrogens is 331 g/mol. The van der Waals surface area contributed by atoms with Crippen molar-refractivity contribution in [3.05, 3.63) is 65.2 Å². The minimum Gasteiger partial charge on any atom is -0.381 e. The van der Waals surface area contributed by atoms with Crippen LogP contribution in [-0.4, -0.2) is 24.1 Å². The summed E-state index contributed by atoms with van der Waals surface area (Å²) < 4.78 is 18.8. The van der Waals surface area contributed by atoms with Crippen molar-refractivity contribution in [3.63, 3.8) is 0 Å². The van der Waals surface area contributed by atoms with Crippen molar-refractivity contribution < 1.29 is 13.9 Å². The fourth-order valence-electron chi connectivity index (χ4n) is 3.45. The normalized spacial score (nSPS) is 16.2. The van der Waals surface area contributed by atoms with Gasteiger partial charge >= 0.3 is 0 Å². The highest BCUT2D eigenvalue weighted by molar-refractivity contribution is 5.76. The van der Waals surface area contributed by atoms with E-state index in [-0.39, 0.29) is 17.8 Å². The van der Waals surface area contributed by atoms with Gasteiger partial charge in [-0.25, -0.2) is 4.39 Å².